The van der Waals surface area contributed by atoms with E-state index in [4.69, 9.17) is 17.3 Å². The lowest BCUT2D eigenvalue weighted by Crippen LogP contribution is -2.08. The van der Waals surface area contributed by atoms with Crippen molar-refractivity contribution in [2.45, 2.75) is 22.8 Å². The Morgan fingerprint density at radius 3 is 2.61 bits per heavy atom. The number of benzene rings is 2. The Balaban J connectivity index is 2.37. The molecule has 0 heterocycles. The van der Waals surface area contributed by atoms with Gasteiger partial charge >= 0.3 is 0 Å². The Kier molecular flexibility index (Phi) is 4.27. The molecule has 1 atom stereocenters. The van der Waals surface area contributed by atoms with Crippen LogP contribution in [0.5, 0.6) is 0 Å². The van der Waals surface area contributed by atoms with Crippen LogP contribution in [-0.2, 0) is 0 Å². The summed E-state index contributed by atoms with van der Waals surface area (Å²) < 4.78 is 13.8. The molecule has 1 nitrogen and oxygen atoms in total. The quantitative estimate of drug-likeness (QED) is 0.886. The fraction of sp³-hybridized carbons (Fsp3) is 0.143. The van der Waals surface area contributed by atoms with Crippen molar-refractivity contribution in [1.82, 2.24) is 0 Å². The monoisotopic (exact) mass is 281 g/mol. The SMILES string of the molecule is CC(N)c1c(F)cccc1Sc1cccc(Cl)c1. The van der Waals surface area contributed by atoms with Crippen LogP contribution in [0.15, 0.2) is 52.3 Å². The van der Waals surface area contributed by atoms with Crippen molar-refractivity contribution in [2.24, 2.45) is 5.73 Å². The van der Waals surface area contributed by atoms with E-state index in [1.165, 1.54) is 17.8 Å². The molecule has 0 aliphatic rings. The average molecular weight is 282 g/mol. The molecule has 4 heteroatoms. The lowest BCUT2D eigenvalue weighted by molar-refractivity contribution is 0.585. The van der Waals surface area contributed by atoms with Crippen LogP contribution in [0.25, 0.3) is 0 Å². The van der Waals surface area contributed by atoms with Crippen molar-refractivity contribution in [3.8, 4) is 0 Å². The van der Waals surface area contributed by atoms with Gasteiger partial charge in [0.1, 0.15) is 5.82 Å². The Morgan fingerprint density at radius 1 is 1.22 bits per heavy atom. The Bertz CT molecular complexity index is 557. The predicted octanol–water partition coefficient (Wildman–Crippen LogP) is 4.65. The first-order valence-corrected chi connectivity index (χ1v) is 6.75. The smallest absolute Gasteiger partial charge is 0.129 e. The van der Waals surface area contributed by atoms with Crippen LogP contribution in [0.2, 0.25) is 5.02 Å². The van der Waals surface area contributed by atoms with Crippen LogP contribution in [-0.4, -0.2) is 0 Å². The van der Waals surface area contributed by atoms with Gasteiger partial charge in [-0.15, -0.1) is 0 Å². The van der Waals surface area contributed by atoms with Gasteiger partial charge in [0, 0.05) is 26.4 Å². The third-order valence-electron chi connectivity index (χ3n) is 2.49. The van der Waals surface area contributed by atoms with Gasteiger partial charge in [0.2, 0.25) is 0 Å². The third kappa shape index (κ3) is 3.05. The molecule has 2 aromatic carbocycles. The highest BCUT2D eigenvalue weighted by Gasteiger charge is 2.13. The third-order valence-corrected chi connectivity index (χ3v) is 3.79. The minimum Gasteiger partial charge on any atom is -0.324 e. The first kappa shape index (κ1) is 13.4. The summed E-state index contributed by atoms with van der Waals surface area (Å²) in [6, 6.07) is 12.1. The molecule has 0 saturated heterocycles. The molecule has 2 aromatic rings. The summed E-state index contributed by atoms with van der Waals surface area (Å²) in [4.78, 5) is 1.79. The van der Waals surface area contributed by atoms with Crippen LogP contribution < -0.4 is 5.73 Å². The second-order valence-corrected chi connectivity index (χ2v) is 5.55. The summed E-state index contributed by atoms with van der Waals surface area (Å²) in [5.41, 5.74) is 6.36. The molecular formula is C14H13ClFNS. The maximum atomic E-state index is 13.8. The summed E-state index contributed by atoms with van der Waals surface area (Å²) in [7, 11) is 0. The summed E-state index contributed by atoms with van der Waals surface area (Å²) in [5.74, 6) is -0.267. The van der Waals surface area contributed by atoms with E-state index < -0.39 is 0 Å². The van der Waals surface area contributed by atoms with Gasteiger partial charge in [-0.2, -0.15) is 0 Å². The highest BCUT2D eigenvalue weighted by atomic mass is 35.5. The van der Waals surface area contributed by atoms with Gasteiger partial charge in [-0.25, -0.2) is 4.39 Å². The van der Waals surface area contributed by atoms with Gasteiger partial charge in [-0.3, -0.25) is 0 Å². The summed E-state index contributed by atoms with van der Waals surface area (Å²) in [6.45, 7) is 1.78. The van der Waals surface area contributed by atoms with Crippen LogP contribution in [0.4, 0.5) is 4.39 Å². The Morgan fingerprint density at radius 2 is 1.94 bits per heavy atom. The maximum Gasteiger partial charge on any atom is 0.129 e. The van der Waals surface area contributed by atoms with E-state index in [1.54, 1.807) is 13.0 Å². The van der Waals surface area contributed by atoms with E-state index in [9.17, 15) is 4.39 Å². The molecule has 0 aromatic heterocycles. The van der Waals surface area contributed by atoms with Gasteiger partial charge in [0.05, 0.1) is 0 Å². The average Bonchev–Trinajstić information content (AvgIpc) is 2.28. The van der Waals surface area contributed by atoms with Crippen LogP contribution in [0.1, 0.15) is 18.5 Å². The molecule has 0 radical (unpaired) electrons. The van der Waals surface area contributed by atoms with Crippen molar-refractivity contribution in [3.63, 3.8) is 0 Å². The van der Waals surface area contributed by atoms with Crippen molar-refractivity contribution < 1.29 is 4.39 Å². The largest absolute Gasteiger partial charge is 0.324 e. The van der Waals surface area contributed by atoms with Gasteiger partial charge in [-0.05, 0) is 37.3 Å². The normalized spacial score (nSPS) is 12.4. The highest BCUT2D eigenvalue weighted by Crippen LogP contribution is 2.34. The van der Waals surface area contributed by atoms with E-state index in [-0.39, 0.29) is 11.9 Å². The number of nitrogens with two attached hydrogens (primary N) is 1. The molecule has 1 unspecified atom stereocenters. The molecule has 0 saturated carbocycles. The molecule has 18 heavy (non-hydrogen) atoms. The molecule has 0 fully saturated rings. The summed E-state index contributed by atoms with van der Waals surface area (Å²) in [6.07, 6.45) is 0. The van der Waals surface area contributed by atoms with E-state index in [0.29, 0.717) is 10.6 Å². The number of hydrogen-bond donors (Lipinski definition) is 1. The second-order valence-electron chi connectivity index (χ2n) is 4.00. The van der Waals surface area contributed by atoms with Gasteiger partial charge in [-0.1, -0.05) is 35.5 Å². The van der Waals surface area contributed by atoms with E-state index >= 15 is 0 Å². The van der Waals surface area contributed by atoms with Crippen LogP contribution in [0, 0.1) is 5.82 Å². The topological polar surface area (TPSA) is 26.0 Å². The predicted molar refractivity (Wildman–Crippen MR) is 74.6 cm³/mol. The number of halogens is 2. The van der Waals surface area contributed by atoms with E-state index in [1.807, 2.05) is 30.3 Å². The minimum atomic E-state index is -0.340. The van der Waals surface area contributed by atoms with Gasteiger partial charge in [0.25, 0.3) is 0 Å². The zero-order valence-electron chi connectivity index (χ0n) is 9.86. The fourth-order valence-corrected chi connectivity index (χ4v) is 3.09. The first-order chi connectivity index (χ1) is 8.58. The van der Waals surface area contributed by atoms with Gasteiger partial charge in [0.15, 0.2) is 0 Å². The molecular weight excluding hydrogens is 269 g/mol. The minimum absolute atomic E-state index is 0.267. The highest BCUT2D eigenvalue weighted by molar-refractivity contribution is 7.99. The molecule has 2 rings (SSSR count). The Labute approximate surface area is 115 Å². The molecule has 0 bridgehead atoms. The standard InChI is InChI=1S/C14H13ClFNS/c1-9(17)14-12(16)6-3-7-13(14)18-11-5-2-4-10(15)8-11/h2-9H,17H2,1H3. The summed E-state index contributed by atoms with van der Waals surface area (Å²) in [5, 5.41) is 0.666. The van der Waals surface area contributed by atoms with Crippen molar-refractivity contribution >= 4 is 23.4 Å². The lowest BCUT2D eigenvalue weighted by atomic mass is 10.1. The molecule has 2 N–H and O–H groups in total. The Hall–Kier alpha value is -1.03. The second kappa shape index (κ2) is 5.74. The van der Waals surface area contributed by atoms with Crippen molar-refractivity contribution in [1.29, 1.82) is 0 Å². The zero-order valence-corrected chi connectivity index (χ0v) is 11.4. The van der Waals surface area contributed by atoms with Gasteiger partial charge < -0.3 is 5.73 Å². The molecule has 0 spiro atoms. The summed E-state index contributed by atoms with van der Waals surface area (Å²) >= 11 is 7.40. The van der Waals surface area contributed by atoms with Crippen LogP contribution >= 0.6 is 23.4 Å². The van der Waals surface area contributed by atoms with Crippen LogP contribution in [0.3, 0.4) is 0 Å². The fourth-order valence-electron chi connectivity index (χ4n) is 1.71. The lowest BCUT2D eigenvalue weighted by Gasteiger charge is -2.13. The molecule has 0 aliphatic carbocycles. The molecule has 94 valence electrons. The molecule has 0 amide bonds. The zero-order chi connectivity index (χ0) is 13.1. The van der Waals surface area contributed by atoms with Crippen molar-refractivity contribution in [3.05, 3.63) is 58.9 Å². The van der Waals surface area contributed by atoms with Crippen molar-refractivity contribution in [2.75, 3.05) is 0 Å². The maximum absolute atomic E-state index is 13.8. The van der Waals surface area contributed by atoms with E-state index in [2.05, 4.69) is 0 Å². The number of rotatable bonds is 3. The number of hydrogen-bond acceptors (Lipinski definition) is 2. The first-order valence-electron chi connectivity index (χ1n) is 5.55. The molecule has 0 aliphatic heterocycles. The van der Waals surface area contributed by atoms with E-state index in [0.717, 1.165) is 9.79 Å².